The molecule has 0 bridgehead atoms. The Labute approximate surface area is 148 Å². The number of rotatable bonds is 6. The van der Waals surface area contributed by atoms with E-state index in [-0.39, 0.29) is 4.99 Å². The number of nitrogens with two attached hydrogens (primary N) is 1. The lowest BCUT2D eigenvalue weighted by molar-refractivity contribution is 0.217. The second-order valence-electron chi connectivity index (χ2n) is 4.28. The predicted octanol–water partition coefficient (Wildman–Crippen LogP) is 4.74. The molecule has 2 N–H and O–H groups in total. The van der Waals surface area contributed by atoms with Crippen LogP contribution in [0.1, 0.15) is 5.56 Å². The average Bonchev–Trinajstić information content (AvgIpc) is 2.46. The zero-order valence-corrected chi connectivity index (χ0v) is 14.4. The summed E-state index contributed by atoms with van der Waals surface area (Å²) in [5.74, 6) is 1.10. The van der Waals surface area contributed by atoms with E-state index in [2.05, 4.69) is 0 Å². The Morgan fingerprint density at radius 2 is 1.45 bits per heavy atom. The fraction of sp³-hybridized carbons (Fsp3) is 0.133. The van der Waals surface area contributed by atoms with Crippen molar-refractivity contribution in [3.63, 3.8) is 0 Å². The molecule has 0 unspecified atom stereocenters. The molecular weight excluding hydrogens is 365 g/mol. The largest absolute Gasteiger partial charge is 0.489 e. The Morgan fingerprint density at radius 3 is 2.05 bits per heavy atom. The second kappa shape index (κ2) is 7.88. The molecule has 0 spiro atoms. The molecule has 22 heavy (non-hydrogen) atoms. The number of hydrogen-bond donors (Lipinski definition) is 1. The molecule has 0 saturated carbocycles. The van der Waals surface area contributed by atoms with Crippen LogP contribution >= 0.6 is 47.0 Å². The van der Waals surface area contributed by atoms with Crippen LogP contribution < -0.4 is 15.2 Å². The van der Waals surface area contributed by atoms with Gasteiger partial charge in [0.05, 0.1) is 10.6 Å². The van der Waals surface area contributed by atoms with Gasteiger partial charge in [0.1, 0.15) is 29.7 Å². The van der Waals surface area contributed by atoms with Crippen LogP contribution in [0.5, 0.6) is 11.5 Å². The molecule has 0 aliphatic rings. The quantitative estimate of drug-likeness (QED) is 0.584. The Balaban J connectivity index is 1.93. The highest BCUT2D eigenvalue weighted by Gasteiger charge is 2.08. The van der Waals surface area contributed by atoms with Gasteiger partial charge in [0.2, 0.25) is 0 Å². The molecule has 2 rings (SSSR count). The third-order valence-electron chi connectivity index (χ3n) is 2.70. The normalized spacial score (nSPS) is 10.3. The van der Waals surface area contributed by atoms with Crippen molar-refractivity contribution in [3.8, 4) is 11.5 Å². The van der Waals surface area contributed by atoms with Gasteiger partial charge in [-0.25, -0.2) is 0 Å². The van der Waals surface area contributed by atoms with Gasteiger partial charge in [-0.3, -0.25) is 0 Å². The first-order chi connectivity index (χ1) is 10.5. The lowest BCUT2D eigenvalue weighted by Gasteiger charge is -2.12. The molecule has 0 radical (unpaired) electrons. The lowest BCUT2D eigenvalue weighted by atomic mass is 10.2. The van der Waals surface area contributed by atoms with Crippen LogP contribution in [0.15, 0.2) is 36.4 Å². The average molecular weight is 377 g/mol. The highest BCUT2D eigenvalue weighted by atomic mass is 35.5. The van der Waals surface area contributed by atoms with E-state index < -0.39 is 0 Å². The summed E-state index contributed by atoms with van der Waals surface area (Å²) in [6.45, 7) is 0.608. The maximum atomic E-state index is 6.01. The third kappa shape index (κ3) is 4.65. The molecule has 0 fully saturated rings. The Kier molecular flexibility index (Phi) is 6.15. The van der Waals surface area contributed by atoms with Gasteiger partial charge in [0, 0.05) is 10.0 Å². The van der Waals surface area contributed by atoms with Gasteiger partial charge in [-0.15, -0.1) is 0 Å². The number of hydrogen-bond acceptors (Lipinski definition) is 3. The van der Waals surface area contributed by atoms with Crippen molar-refractivity contribution < 1.29 is 9.47 Å². The summed E-state index contributed by atoms with van der Waals surface area (Å²) in [6, 6.07) is 10.1. The minimum Gasteiger partial charge on any atom is -0.489 e. The monoisotopic (exact) mass is 375 g/mol. The third-order valence-corrected chi connectivity index (χ3v) is 3.68. The van der Waals surface area contributed by atoms with Crippen LogP contribution in [0.2, 0.25) is 15.1 Å². The van der Waals surface area contributed by atoms with Crippen molar-refractivity contribution in [3.05, 3.63) is 57.0 Å². The van der Waals surface area contributed by atoms with Gasteiger partial charge in [0.15, 0.2) is 0 Å². The molecule has 0 aliphatic heterocycles. The van der Waals surface area contributed by atoms with E-state index >= 15 is 0 Å². The van der Waals surface area contributed by atoms with Crippen LogP contribution in [0, 0.1) is 0 Å². The first-order valence-electron chi connectivity index (χ1n) is 6.27. The molecule has 0 aromatic heterocycles. The minimum absolute atomic E-state index is 0.221. The van der Waals surface area contributed by atoms with Gasteiger partial charge in [-0.05, 0) is 36.4 Å². The SMILES string of the molecule is NC(=S)c1cc(Cl)ccc1OCCOc1ccc(Cl)cc1Cl. The topological polar surface area (TPSA) is 44.5 Å². The standard InChI is InChI=1S/C15H12Cl3NO2S/c16-9-1-3-13(11(7-9)15(19)22)20-5-6-21-14-4-2-10(17)8-12(14)18/h1-4,7-8H,5-6H2,(H2,19,22). The minimum atomic E-state index is 0.221. The molecular formula is C15H12Cl3NO2S. The molecule has 2 aromatic rings. The number of thiocarbonyl (C=S) groups is 1. The van der Waals surface area contributed by atoms with E-state index in [0.29, 0.717) is 45.3 Å². The van der Waals surface area contributed by atoms with E-state index in [4.69, 9.17) is 62.2 Å². The van der Waals surface area contributed by atoms with E-state index in [1.807, 2.05) is 0 Å². The molecule has 2 aromatic carbocycles. The molecule has 0 atom stereocenters. The van der Waals surface area contributed by atoms with Crippen molar-refractivity contribution in [2.45, 2.75) is 0 Å². The first kappa shape index (κ1) is 17.2. The Morgan fingerprint density at radius 1 is 0.909 bits per heavy atom. The summed E-state index contributed by atoms with van der Waals surface area (Å²) in [5, 5.41) is 1.54. The van der Waals surface area contributed by atoms with Crippen molar-refractivity contribution in [1.82, 2.24) is 0 Å². The van der Waals surface area contributed by atoms with Gasteiger partial charge in [-0.1, -0.05) is 47.0 Å². The molecule has 0 amide bonds. The van der Waals surface area contributed by atoms with Crippen LogP contribution in [0.25, 0.3) is 0 Å². The summed E-state index contributed by atoms with van der Waals surface area (Å²) >= 11 is 22.7. The number of ether oxygens (including phenoxy) is 2. The van der Waals surface area contributed by atoms with Crippen molar-refractivity contribution >= 4 is 52.0 Å². The van der Waals surface area contributed by atoms with Crippen molar-refractivity contribution in [2.75, 3.05) is 13.2 Å². The summed E-state index contributed by atoms with van der Waals surface area (Å²) in [6.07, 6.45) is 0. The fourth-order valence-corrected chi connectivity index (χ4v) is 2.51. The van der Waals surface area contributed by atoms with E-state index in [1.165, 1.54) is 0 Å². The summed E-state index contributed by atoms with van der Waals surface area (Å²) in [5.41, 5.74) is 6.23. The smallest absolute Gasteiger partial charge is 0.138 e. The molecule has 7 heteroatoms. The molecule has 0 saturated heterocycles. The predicted molar refractivity (Wildman–Crippen MR) is 94.8 cm³/mol. The highest BCUT2D eigenvalue weighted by molar-refractivity contribution is 7.80. The van der Waals surface area contributed by atoms with Crippen molar-refractivity contribution in [2.24, 2.45) is 5.73 Å². The summed E-state index contributed by atoms with van der Waals surface area (Å²) < 4.78 is 11.2. The second-order valence-corrected chi connectivity index (χ2v) is 6.00. The van der Waals surface area contributed by atoms with Gasteiger partial charge >= 0.3 is 0 Å². The zero-order chi connectivity index (χ0) is 16.1. The summed E-state index contributed by atoms with van der Waals surface area (Å²) in [7, 11) is 0. The molecule has 116 valence electrons. The van der Waals surface area contributed by atoms with Crippen LogP contribution in [-0.4, -0.2) is 18.2 Å². The number of benzene rings is 2. The maximum Gasteiger partial charge on any atom is 0.138 e. The molecule has 0 heterocycles. The van der Waals surface area contributed by atoms with Gasteiger partial charge < -0.3 is 15.2 Å². The van der Waals surface area contributed by atoms with E-state index in [0.717, 1.165) is 0 Å². The van der Waals surface area contributed by atoms with E-state index in [9.17, 15) is 0 Å². The van der Waals surface area contributed by atoms with Gasteiger partial charge in [0.25, 0.3) is 0 Å². The fourth-order valence-electron chi connectivity index (χ4n) is 1.72. The number of halogens is 3. The zero-order valence-electron chi connectivity index (χ0n) is 11.3. The Bertz CT molecular complexity index is 694. The van der Waals surface area contributed by atoms with Gasteiger partial charge in [-0.2, -0.15) is 0 Å². The highest BCUT2D eigenvalue weighted by Crippen LogP contribution is 2.27. The van der Waals surface area contributed by atoms with E-state index in [1.54, 1.807) is 36.4 Å². The summed E-state index contributed by atoms with van der Waals surface area (Å²) in [4.78, 5) is 0.221. The van der Waals surface area contributed by atoms with Crippen LogP contribution in [0.4, 0.5) is 0 Å². The molecule has 0 aliphatic carbocycles. The van der Waals surface area contributed by atoms with Crippen molar-refractivity contribution in [1.29, 1.82) is 0 Å². The molecule has 3 nitrogen and oxygen atoms in total. The lowest BCUT2D eigenvalue weighted by Crippen LogP contribution is -2.14. The maximum absolute atomic E-state index is 6.01. The van der Waals surface area contributed by atoms with Crippen LogP contribution in [0.3, 0.4) is 0 Å². The van der Waals surface area contributed by atoms with Crippen LogP contribution in [-0.2, 0) is 0 Å². The first-order valence-corrected chi connectivity index (χ1v) is 7.81. The Hall–Kier alpha value is -1.20.